The summed E-state index contributed by atoms with van der Waals surface area (Å²) in [6.07, 6.45) is 3.18. The number of allylic oxidation sites excluding steroid dienone is 3. The van der Waals surface area contributed by atoms with E-state index >= 15 is 0 Å². The van der Waals surface area contributed by atoms with Crippen molar-refractivity contribution in [3.8, 4) is 0 Å². The Bertz CT molecular complexity index is 481. The molecule has 0 aromatic carbocycles. The van der Waals surface area contributed by atoms with Gasteiger partial charge in [0.05, 0.1) is 0 Å². The van der Waals surface area contributed by atoms with Gasteiger partial charge < -0.3 is 15.3 Å². The van der Waals surface area contributed by atoms with Crippen molar-refractivity contribution in [3.63, 3.8) is 0 Å². The minimum Gasteiger partial charge on any atom is -0.511 e. The number of aliphatic hydroxyl groups excluding tert-OH is 1. The Morgan fingerprint density at radius 2 is 1.70 bits per heavy atom. The lowest BCUT2D eigenvalue weighted by atomic mass is 9.57. The van der Waals surface area contributed by atoms with Gasteiger partial charge in [-0.3, -0.25) is 9.59 Å². The Labute approximate surface area is 118 Å². The predicted molar refractivity (Wildman–Crippen MR) is 74.3 cm³/mol. The molecular weight excluding hydrogens is 260 g/mol. The van der Waals surface area contributed by atoms with Crippen LogP contribution in [0.1, 0.15) is 34.6 Å². The molecular formula is C15H22O5. The Morgan fingerprint density at radius 1 is 1.25 bits per heavy atom. The summed E-state index contributed by atoms with van der Waals surface area (Å²) >= 11 is 0. The van der Waals surface area contributed by atoms with Gasteiger partial charge in [-0.1, -0.05) is 46.8 Å². The quantitative estimate of drug-likeness (QED) is 0.692. The van der Waals surface area contributed by atoms with Gasteiger partial charge in [0.1, 0.15) is 5.76 Å². The maximum absolute atomic E-state index is 11.2. The first-order valence-corrected chi connectivity index (χ1v) is 6.52. The summed E-state index contributed by atoms with van der Waals surface area (Å²) in [7, 11) is 0. The van der Waals surface area contributed by atoms with Gasteiger partial charge in [-0.25, -0.2) is 0 Å². The van der Waals surface area contributed by atoms with Crippen LogP contribution in [0.3, 0.4) is 0 Å². The second-order valence-corrected chi connectivity index (χ2v) is 6.51. The molecule has 0 aromatic rings. The summed E-state index contributed by atoms with van der Waals surface area (Å²) in [6.45, 7) is 9.57. The molecule has 112 valence electrons. The molecule has 0 radical (unpaired) electrons. The van der Waals surface area contributed by atoms with E-state index in [9.17, 15) is 14.7 Å². The van der Waals surface area contributed by atoms with Crippen molar-refractivity contribution in [2.45, 2.75) is 34.6 Å². The normalized spacial score (nSPS) is 27.0. The van der Waals surface area contributed by atoms with Gasteiger partial charge in [0, 0.05) is 11.0 Å². The van der Waals surface area contributed by atoms with Crippen LogP contribution in [0.15, 0.2) is 23.5 Å². The van der Waals surface area contributed by atoms with Gasteiger partial charge in [0.2, 0.25) is 0 Å². The van der Waals surface area contributed by atoms with Crippen molar-refractivity contribution in [2.75, 3.05) is 0 Å². The van der Waals surface area contributed by atoms with Crippen molar-refractivity contribution in [1.29, 1.82) is 0 Å². The highest BCUT2D eigenvalue weighted by Gasteiger charge is 2.49. The third-order valence-electron chi connectivity index (χ3n) is 4.60. The lowest BCUT2D eigenvalue weighted by Crippen LogP contribution is -2.43. The van der Waals surface area contributed by atoms with Crippen LogP contribution in [0.5, 0.6) is 0 Å². The van der Waals surface area contributed by atoms with Crippen molar-refractivity contribution < 1.29 is 24.9 Å². The minimum atomic E-state index is -1.75. The Balaban J connectivity index is 3.51. The highest BCUT2D eigenvalue weighted by atomic mass is 16.4. The van der Waals surface area contributed by atoms with E-state index in [0.29, 0.717) is 0 Å². The van der Waals surface area contributed by atoms with Crippen LogP contribution in [0.4, 0.5) is 0 Å². The van der Waals surface area contributed by atoms with E-state index < -0.39 is 23.3 Å². The molecule has 0 saturated heterocycles. The minimum absolute atomic E-state index is 0.0329. The Morgan fingerprint density at radius 3 is 2.05 bits per heavy atom. The number of carboxylic acid groups (broad SMARTS) is 2. The number of hydrogen-bond acceptors (Lipinski definition) is 3. The SMILES string of the molecule is CC1C=CC(C(C(=O)O)C(=O)O)=C(O)C1(C)C(C)(C)C. The van der Waals surface area contributed by atoms with E-state index in [1.807, 2.05) is 34.6 Å². The first-order chi connectivity index (χ1) is 8.94. The zero-order valence-corrected chi connectivity index (χ0v) is 12.5. The van der Waals surface area contributed by atoms with Crippen LogP contribution in [-0.2, 0) is 9.59 Å². The molecule has 0 spiro atoms. The number of hydrogen-bond donors (Lipinski definition) is 3. The van der Waals surface area contributed by atoms with E-state index in [2.05, 4.69) is 0 Å². The van der Waals surface area contributed by atoms with E-state index in [1.165, 1.54) is 6.08 Å². The molecule has 0 saturated carbocycles. The summed E-state index contributed by atoms with van der Waals surface area (Å²) < 4.78 is 0. The van der Waals surface area contributed by atoms with Gasteiger partial charge in [-0.2, -0.15) is 0 Å². The van der Waals surface area contributed by atoms with Crippen molar-refractivity contribution in [1.82, 2.24) is 0 Å². The highest BCUT2D eigenvalue weighted by molar-refractivity contribution is 5.97. The van der Waals surface area contributed by atoms with Gasteiger partial charge in [-0.05, 0) is 11.3 Å². The second-order valence-electron chi connectivity index (χ2n) is 6.51. The molecule has 1 aliphatic rings. The number of aliphatic carboxylic acids is 2. The third-order valence-corrected chi connectivity index (χ3v) is 4.60. The first kappa shape index (κ1) is 16.3. The smallest absolute Gasteiger partial charge is 0.322 e. The van der Waals surface area contributed by atoms with Gasteiger partial charge in [-0.15, -0.1) is 0 Å². The van der Waals surface area contributed by atoms with Gasteiger partial charge in [0.25, 0.3) is 0 Å². The lowest BCUT2D eigenvalue weighted by Gasteiger charge is -2.47. The fourth-order valence-electron chi connectivity index (χ4n) is 2.68. The molecule has 3 N–H and O–H groups in total. The Kier molecular flexibility index (Phi) is 4.04. The molecule has 2 unspecified atom stereocenters. The molecule has 5 heteroatoms. The summed E-state index contributed by atoms with van der Waals surface area (Å²) in [6, 6.07) is 0. The molecule has 0 fully saturated rings. The van der Waals surface area contributed by atoms with Gasteiger partial charge >= 0.3 is 11.9 Å². The molecule has 0 aliphatic heterocycles. The number of carboxylic acids is 2. The molecule has 20 heavy (non-hydrogen) atoms. The maximum Gasteiger partial charge on any atom is 0.322 e. The molecule has 1 rings (SSSR count). The third kappa shape index (κ3) is 2.32. The topological polar surface area (TPSA) is 94.8 Å². The molecule has 2 atom stereocenters. The van der Waals surface area contributed by atoms with Crippen LogP contribution in [0.25, 0.3) is 0 Å². The van der Waals surface area contributed by atoms with Crippen LogP contribution in [0, 0.1) is 22.7 Å². The largest absolute Gasteiger partial charge is 0.511 e. The van der Waals surface area contributed by atoms with E-state index in [0.717, 1.165) is 0 Å². The number of aliphatic hydroxyl groups is 1. The molecule has 0 aromatic heterocycles. The predicted octanol–water partition coefficient (Wildman–Crippen LogP) is 2.84. The highest BCUT2D eigenvalue weighted by Crippen LogP contribution is 2.53. The van der Waals surface area contributed by atoms with Crippen LogP contribution >= 0.6 is 0 Å². The fourth-order valence-corrected chi connectivity index (χ4v) is 2.68. The fraction of sp³-hybridized carbons (Fsp3) is 0.600. The summed E-state index contributed by atoms with van der Waals surface area (Å²) in [5.74, 6) is -4.88. The molecule has 0 bridgehead atoms. The lowest BCUT2D eigenvalue weighted by molar-refractivity contribution is -0.152. The average molecular weight is 282 g/mol. The number of carbonyl (C=O) groups is 2. The maximum atomic E-state index is 11.2. The molecule has 0 amide bonds. The second kappa shape index (κ2) is 4.96. The van der Waals surface area contributed by atoms with E-state index in [-0.39, 0.29) is 22.7 Å². The first-order valence-electron chi connectivity index (χ1n) is 6.52. The van der Waals surface area contributed by atoms with E-state index in [1.54, 1.807) is 6.08 Å². The zero-order chi connectivity index (χ0) is 15.9. The zero-order valence-electron chi connectivity index (χ0n) is 12.5. The summed E-state index contributed by atoms with van der Waals surface area (Å²) in [4.78, 5) is 22.3. The monoisotopic (exact) mass is 282 g/mol. The standard InChI is InChI=1S/C15H22O5/c1-8-6-7-9(10(12(17)18)13(19)20)11(16)15(8,5)14(2,3)4/h6-8,10,16H,1-5H3,(H,17,18)(H,19,20). The molecule has 1 aliphatic carbocycles. The van der Waals surface area contributed by atoms with Gasteiger partial charge in [0.15, 0.2) is 5.92 Å². The van der Waals surface area contributed by atoms with Crippen LogP contribution in [-0.4, -0.2) is 27.3 Å². The van der Waals surface area contributed by atoms with Crippen molar-refractivity contribution in [2.24, 2.45) is 22.7 Å². The summed E-state index contributed by atoms with van der Waals surface area (Å²) in [5.41, 5.74) is -1.12. The summed E-state index contributed by atoms with van der Waals surface area (Å²) in [5, 5.41) is 28.7. The number of rotatable bonds is 3. The Hall–Kier alpha value is -1.78. The van der Waals surface area contributed by atoms with E-state index in [4.69, 9.17) is 10.2 Å². The van der Waals surface area contributed by atoms with Crippen LogP contribution in [0.2, 0.25) is 0 Å². The van der Waals surface area contributed by atoms with Crippen molar-refractivity contribution in [3.05, 3.63) is 23.5 Å². The average Bonchev–Trinajstić information content (AvgIpc) is 2.27. The molecule has 5 nitrogen and oxygen atoms in total. The van der Waals surface area contributed by atoms with Crippen LogP contribution < -0.4 is 0 Å². The van der Waals surface area contributed by atoms with Crippen molar-refractivity contribution >= 4 is 11.9 Å². The molecule has 0 heterocycles.